The molecule has 296 valence electrons. The normalized spacial score (nSPS) is 21.7. The van der Waals surface area contributed by atoms with Crippen molar-refractivity contribution >= 4 is 35.5 Å². The van der Waals surface area contributed by atoms with Gasteiger partial charge >= 0.3 is 5.97 Å². The van der Waals surface area contributed by atoms with E-state index < -0.39 is 71.8 Å². The van der Waals surface area contributed by atoms with Gasteiger partial charge in [-0.3, -0.25) is 24.0 Å². The molecule has 0 saturated carbocycles. The van der Waals surface area contributed by atoms with E-state index in [0.29, 0.717) is 50.8 Å². The number of carboxylic acids is 1. The molecule has 0 unspecified atom stereocenters. The highest BCUT2D eigenvalue weighted by atomic mass is 16.4. The minimum Gasteiger partial charge on any atom is -0.508 e. The molecule has 0 radical (unpaired) electrons. The van der Waals surface area contributed by atoms with Crippen molar-refractivity contribution in [3.05, 3.63) is 42.0 Å². The van der Waals surface area contributed by atoms with Crippen molar-refractivity contribution in [2.75, 3.05) is 13.1 Å². The van der Waals surface area contributed by atoms with Gasteiger partial charge in [0.2, 0.25) is 29.5 Å². The number of aliphatic carboxylic acids is 1. The molecule has 0 saturated heterocycles. The van der Waals surface area contributed by atoms with E-state index in [0.717, 1.165) is 12.8 Å². The first-order chi connectivity index (χ1) is 25.2. The fourth-order valence-electron chi connectivity index (χ4n) is 5.83. The maximum Gasteiger partial charge on any atom is 0.326 e. The average molecular weight is 745 g/mol. The van der Waals surface area contributed by atoms with Crippen LogP contribution in [0.4, 0.5) is 0 Å². The van der Waals surface area contributed by atoms with E-state index in [2.05, 4.69) is 26.6 Å². The topological polar surface area (TPSA) is 281 Å². The number of hydrogen-bond acceptors (Lipinski definition) is 10. The molecule has 1 heterocycles. The number of benzene rings is 1. The third-order valence-electron chi connectivity index (χ3n) is 8.89. The average Bonchev–Trinajstić information content (AvgIpc) is 3.11. The number of hydrogen-bond donors (Lipinski definition) is 10. The lowest BCUT2D eigenvalue weighted by Gasteiger charge is -2.27. The van der Waals surface area contributed by atoms with Gasteiger partial charge in [-0.1, -0.05) is 63.8 Å². The number of aromatic hydroxyl groups is 1. The molecule has 5 amide bonds. The van der Waals surface area contributed by atoms with Crippen molar-refractivity contribution in [2.45, 2.75) is 127 Å². The molecular weight excluding hydrogens is 684 g/mol. The Morgan fingerprint density at radius 3 is 1.87 bits per heavy atom. The molecular formula is C37H60N8O8. The van der Waals surface area contributed by atoms with Gasteiger partial charge in [0.25, 0.3) is 0 Å². The molecule has 0 spiro atoms. The monoisotopic (exact) mass is 744 g/mol. The predicted molar refractivity (Wildman–Crippen MR) is 200 cm³/mol. The molecule has 16 heteroatoms. The third kappa shape index (κ3) is 16.8. The number of phenols is 1. The second-order valence-corrected chi connectivity index (χ2v) is 14.0. The minimum absolute atomic E-state index is 0.00400. The van der Waals surface area contributed by atoms with E-state index in [9.17, 15) is 39.0 Å². The van der Waals surface area contributed by atoms with Crippen LogP contribution in [0.2, 0.25) is 0 Å². The predicted octanol–water partition coefficient (Wildman–Crippen LogP) is 0.205. The maximum absolute atomic E-state index is 14.0. The highest BCUT2D eigenvalue weighted by Gasteiger charge is 2.33. The number of unbranched alkanes of at least 4 members (excludes halogenated alkanes) is 4. The van der Waals surface area contributed by atoms with E-state index in [1.165, 1.54) is 12.1 Å². The fraction of sp³-hybridized carbons (Fsp3) is 0.622. The van der Waals surface area contributed by atoms with E-state index in [4.69, 9.17) is 17.2 Å². The van der Waals surface area contributed by atoms with Crippen molar-refractivity contribution in [1.29, 1.82) is 0 Å². The summed E-state index contributed by atoms with van der Waals surface area (Å²) >= 11 is 0. The molecule has 1 aliphatic rings. The van der Waals surface area contributed by atoms with Crippen molar-refractivity contribution in [3.8, 4) is 5.75 Å². The van der Waals surface area contributed by atoms with Crippen LogP contribution in [0.3, 0.4) is 0 Å². The third-order valence-corrected chi connectivity index (χ3v) is 8.89. The zero-order chi connectivity index (χ0) is 39.3. The molecule has 0 aromatic heterocycles. The Labute approximate surface area is 311 Å². The second kappa shape index (κ2) is 23.9. The summed E-state index contributed by atoms with van der Waals surface area (Å²) in [7, 11) is 0. The summed E-state index contributed by atoms with van der Waals surface area (Å²) in [5.74, 6) is -4.51. The Balaban J connectivity index is 2.43. The molecule has 6 atom stereocenters. The molecule has 0 aliphatic carbocycles. The lowest BCUT2D eigenvalue weighted by molar-refractivity contribution is -0.142. The van der Waals surface area contributed by atoms with Crippen LogP contribution in [-0.4, -0.2) is 95.1 Å². The first-order valence-corrected chi connectivity index (χ1v) is 18.6. The number of carbonyl (C=O) groups is 6. The molecule has 1 aliphatic heterocycles. The van der Waals surface area contributed by atoms with Crippen LogP contribution >= 0.6 is 0 Å². The minimum atomic E-state index is -1.26. The van der Waals surface area contributed by atoms with Gasteiger partial charge in [0.15, 0.2) is 0 Å². The van der Waals surface area contributed by atoms with Crippen molar-refractivity contribution in [1.82, 2.24) is 26.6 Å². The van der Waals surface area contributed by atoms with Gasteiger partial charge in [-0.15, -0.1) is 0 Å². The van der Waals surface area contributed by atoms with Crippen LogP contribution in [0, 0.1) is 5.92 Å². The number of carbonyl (C=O) groups excluding carboxylic acids is 5. The SMILES string of the molecule is CC(C)C[C@H](NC(=O)[C@H](Cc1ccc(O)cc1)NC(=O)[C@@H]1C/C=C/C[C@H](N)C(=O)N[C@@H](CCCCCN)C(=O)N[C@@H](CCCCCN)C(=O)N1)C(=O)O. The van der Waals surface area contributed by atoms with Crippen LogP contribution in [0.15, 0.2) is 36.4 Å². The number of carboxylic acid groups (broad SMARTS) is 1. The van der Waals surface area contributed by atoms with Crippen molar-refractivity contribution in [3.63, 3.8) is 0 Å². The number of nitrogens with two attached hydrogens (primary N) is 3. The number of amides is 5. The first-order valence-electron chi connectivity index (χ1n) is 18.6. The summed E-state index contributed by atoms with van der Waals surface area (Å²) < 4.78 is 0. The Kier molecular flexibility index (Phi) is 20.1. The smallest absolute Gasteiger partial charge is 0.326 e. The van der Waals surface area contributed by atoms with Crippen LogP contribution in [0.25, 0.3) is 0 Å². The summed E-state index contributed by atoms with van der Waals surface area (Å²) in [6.07, 6.45) is 7.89. The van der Waals surface area contributed by atoms with Gasteiger partial charge in [0.05, 0.1) is 6.04 Å². The lowest BCUT2D eigenvalue weighted by atomic mass is 10.0. The Morgan fingerprint density at radius 1 is 0.774 bits per heavy atom. The summed E-state index contributed by atoms with van der Waals surface area (Å²) in [5, 5.41) is 33.0. The summed E-state index contributed by atoms with van der Waals surface area (Å²) in [4.78, 5) is 80.0. The Bertz CT molecular complexity index is 1370. The molecule has 1 aromatic carbocycles. The number of phenolic OH excluding ortho intramolecular Hbond substituents is 1. The molecule has 16 nitrogen and oxygen atoms in total. The van der Waals surface area contributed by atoms with Crippen LogP contribution < -0.4 is 43.8 Å². The number of rotatable bonds is 19. The van der Waals surface area contributed by atoms with Gasteiger partial charge in [-0.05, 0) is 81.6 Å². The van der Waals surface area contributed by atoms with Gasteiger partial charge in [0, 0.05) is 6.42 Å². The van der Waals surface area contributed by atoms with Crippen molar-refractivity contribution < 1.29 is 39.0 Å². The van der Waals surface area contributed by atoms with Crippen molar-refractivity contribution in [2.24, 2.45) is 23.1 Å². The van der Waals surface area contributed by atoms with Crippen LogP contribution in [0.1, 0.15) is 90.0 Å². The standard InChI is InChI=1S/C37H60N8O8/c1-23(2)21-31(37(52)53)45-36(51)30(22-24-15-17-25(46)18-16-24)44-35(50)29-14-8-7-11-26(40)32(47)41-27(12-5-3-9-19-38)33(48)42-28(34(49)43-29)13-6-4-10-20-39/h7-8,15-18,23,26-31,46H,3-6,9-14,19-22,38-40H2,1-2H3,(H,41,47)(H,42,48)(H,43,49)(H,44,50)(H,45,51)(H,52,53)/b8-7+/t26-,27-,28-,29-,30-,31-/m0/s1. The van der Waals surface area contributed by atoms with Gasteiger partial charge in [-0.25, -0.2) is 4.79 Å². The quantitative estimate of drug-likeness (QED) is 0.0675. The zero-order valence-electron chi connectivity index (χ0n) is 31.0. The molecule has 13 N–H and O–H groups in total. The molecule has 0 fully saturated rings. The van der Waals surface area contributed by atoms with E-state index in [-0.39, 0.29) is 43.8 Å². The van der Waals surface area contributed by atoms with E-state index >= 15 is 0 Å². The molecule has 1 aromatic rings. The largest absolute Gasteiger partial charge is 0.508 e. The first kappa shape index (κ1) is 44.6. The highest BCUT2D eigenvalue weighted by Crippen LogP contribution is 2.14. The zero-order valence-corrected chi connectivity index (χ0v) is 31.0. The van der Waals surface area contributed by atoms with Gasteiger partial charge in [-0.2, -0.15) is 0 Å². The molecule has 2 rings (SSSR count). The van der Waals surface area contributed by atoms with Crippen LogP contribution in [0.5, 0.6) is 5.75 Å². The summed E-state index contributed by atoms with van der Waals surface area (Å²) in [5.41, 5.74) is 18.0. The highest BCUT2D eigenvalue weighted by molar-refractivity contribution is 5.96. The van der Waals surface area contributed by atoms with Gasteiger partial charge in [0.1, 0.15) is 36.0 Å². The summed E-state index contributed by atoms with van der Waals surface area (Å²) in [6.45, 7) is 4.58. The van der Waals surface area contributed by atoms with E-state index in [1.54, 1.807) is 24.3 Å². The second-order valence-electron chi connectivity index (χ2n) is 14.0. The number of nitrogens with one attached hydrogen (secondary N) is 5. The Hall–Kier alpha value is -4.54. The van der Waals surface area contributed by atoms with Gasteiger partial charge < -0.3 is 54.0 Å². The maximum atomic E-state index is 14.0. The summed E-state index contributed by atoms with van der Waals surface area (Å²) in [6, 6.07) is -0.747. The molecule has 0 bridgehead atoms. The Morgan fingerprint density at radius 2 is 1.32 bits per heavy atom. The van der Waals surface area contributed by atoms with E-state index in [1.807, 2.05) is 13.8 Å². The molecule has 53 heavy (non-hydrogen) atoms. The fourth-order valence-corrected chi connectivity index (χ4v) is 5.83. The van der Waals surface area contributed by atoms with Crippen LogP contribution in [-0.2, 0) is 35.2 Å². The lowest BCUT2D eigenvalue weighted by Crippen LogP contribution is -2.59.